The Labute approximate surface area is 86.7 Å². The van der Waals surface area contributed by atoms with Gasteiger partial charge in [0.15, 0.2) is 0 Å². The van der Waals surface area contributed by atoms with Crippen molar-refractivity contribution in [3.63, 3.8) is 0 Å². The number of hydrogen-bond acceptors (Lipinski definition) is 0. The second-order valence-electron chi connectivity index (χ2n) is 4.60. The van der Waals surface area contributed by atoms with Crippen molar-refractivity contribution in [2.75, 3.05) is 0 Å². The van der Waals surface area contributed by atoms with Gasteiger partial charge in [0.05, 0.1) is 0 Å². The normalized spacial score (nSPS) is 18.8. The molecule has 0 nitrogen and oxygen atoms in total. The summed E-state index contributed by atoms with van der Waals surface area (Å²) in [6.07, 6.45) is 7.08. The second-order valence-corrected chi connectivity index (χ2v) is 4.60. The Balaban J connectivity index is 2.53. The van der Waals surface area contributed by atoms with Crippen LogP contribution in [0.5, 0.6) is 0 Å². The van der Waals surface area contributed by atoms with Crippen molar-refractivity contribution in [1.29, 1.82) is 0 Å². The minimum Gasteiger partial charge on any atom is -0.0870 e. The van der Waals surface area contributed by atoms with Crippen LogP contribution in [0.15, 0.2) is 24.3 Å². The summed E-state index contributed by atoms with van der Waals surface area (Å²) in [6, 6.07) is 6.67. The lowest BCUT2D eigenvalue weighted by atomic mass is 9.90. The van der Waals surface area contributed by atoms with E-state index >= 15 is 0 Å². The molecule has 0 bridgehead atoms. The molecule has 0 heterocycles. The van der Waals surface area contributed by atoms with Gasteiger partial charge in [0, 0.05) is 0 Å². The largest absolute Gasteiger partial charge is 0.0870 e. The first-order chi connectivity index (χ1) is 6.67. The van der Waals surface area contributed by atoms with Crippen molar-refractivity contribution in [1.82, 2.24) is 0 Å². The fourth-order valence-electron chi connectivity index (χ4n) is 2.05. The molecule has 0 aromatic heterocycles. The SMILES string of the molecule is C/C=C\c1c(C)cccc1C1(C)CC1. The van der Waals surface area contributed by atoms with Gasteiger partial charge in [-0.3, -0.25) is 0 Å². The van der Waals surface area contributed by atoms with Crippen LogP contribution >= 0.6 is 0 Å². The predicted molar refractivity (Wildman–Crippen MR) is 62.5 cm³/mol. The van der Waals surface area contributed by atoms with Gasteiger partial charge in [0.1, 0.15) is 0 Å². The first-order valence-corrected chi connectivity index (χ1v) is 5.40. The highest BCUT2D eigenvalue weighted by molar-refractivity contribution is 5.60. The van der Waals surface area contributed by atoms with Crippen LogP contribution in [0.25, 0.3) is 6.08 Å². The van der Waals surface area contributed by atoms with E-state index in [9.17, 15) is 0 Å². The topological polar surface area (TPSA) is 0 Å². The minimum atomic E-state index is 0.473. The van der Waals surface area contributed by atoms with Gasteiger partial charge in [-0.1, -0.05) is 37.3 Å². The van der Waals surface area contributed by atoms with Crippen LogP contribution in [-0.2, 0) is 5.41 Å². The van der Waals surface area contributed by atoms with Crippen molar-refractivity contribution < 1.29 is 0 Å². The molecule has 1 aliphatic carbocycles. The molecular weight excluding hydrogens is 168 g/mol. The maximum atomic E-state index is 2.37. The predicted octanol–water partition coefficient (Wildman–Crippen LogP) is 4.08. The molecule has 74 valence electrons. The van der Waals surface area contributed by atoms with Crippen molar-refractivity contribution in [2.24, 2.45) is 0 Å². The highest BCUT2D eigenvalue weighted by atomic mass is 14.4. The molecule has 1 aromatic carbocycles. The summed E-state index contributed by atoms with van der Waals surface area (Å²) in [5, 5.41) is 0. The summed E-state index contributed by atoms with van der Waals surface area (Å²) in [7, 11) is 0. The summed E-state index contributed by atoms with van der Waals surface area (Å²) >= 11 is 0. The van der Waals surface area contributed by atoms with Gasteiger partial charge < -0.3 is 0 Å². The molecule has 1 aliphatic rings. The monoisotopic (exact) mass is 186 g/mol. The summed E-state index contributed by atoms with van der Waals surface area (Å²) in [4.78, 5) is 0. The van der Waals surface area contributed by atoms with Crippen LogP contribution in [0.1, 0.15) is 43.4 Å². The van der Waals surface area contributed by atoms with E-state index in [1.54, 1.807) is 0 Å². The Bertz CT molecular complexity index is 368. The van der Waals surface area contributed by atoms with E-state index in [1.165, 1.54) is 29.5 Å². The lowest BCUT2D eigenvalue weighted by Crippen LogP contribution is -2.03. The molecule has 14 heavy (non-hydrogen) atoms. The van der Waals surface area contributed by atoms with E-state index in [4.69, 9.17) is 0 Å². The van der Waals surface area contributed by atoms with Crippen molar-refractivity contribution in [3.8, 4) is 0 Å². The second kappa shape index (κ2) is 3.27. The van der Waals surface area contributed by atoms with Gasteiger partial charge in [-0.2, -0.15) is 0 Å². The smallest absolute Gasteiger partial charge is 0.00686 e. The number of rotatable bonds is 2. The van der Waals surface area contributed by atoms with E-state index in [0.717, 1.165) is 0 Å². The molecule has 0 amide bonds. The molecule has 0 radical (unpaired) electrons. The van der Waals surface area contributed by atoms with Crippen LogP contribution in [0.2, 0.25) is 0 Å². The lowest BCUT2D eigenvalue weighted by molar-refractivity contribution is 0.784. The average Bonchev–Trinajstić information content (AvgIpc) is 2.89. The van der Waals surface area contributed by atoms with Crippen LogP contribution < -0.4 is 0 Å². The molecular formula is C14H18. The molecule has 0 saturated heterocycles. The molecule has 0 spiro atoms. The zero-order valence-electron chi connectivity index (χ0n) is 9.30. The number of benzene rings is 1. The Morgan fingerprint density at radius 2 is 2.00 bits per heavy atom. The van der Waals surface area contributed by atoms with E-state index in [-0.39, 0.29) is 0 Å². The van der Waals surface area contributed by atoms with Gasteiger partial charge in [-0.25, -0.2) is 0 Å². The zero-order chi connectivity index (χ0) is 10.2. The molecule has 0 aliphatic heterocycles. The van der Waals surface area contributed by atoms with Gasteiger partial charge >= 0.3 is 0 Å². The van der Waals surface area contributed by atoms with Crippen molar-refractivity contribution in [2.45, 2.75) is 39.0 Å². The Kier molecular flexibility index (Phi) is 2.22. The van der Waals surface area contributed by atoms with E-state index in [2.05, 4.69) is 51.1 Å². The molecule has 0 atom stereocenters. The molecule has 1 saturated carbocycles. The van der Waals surface area contributed by atoms with Gasteiger partial charge in [-0.15, -0.1) is 0 Å². The Morgan fingerprint density at radius 3 is 2.57 bits per heavy atom. The van der Waals surface area contributed by atoms with Crippen LogP contribution in [0.3, 0.4) is 0 Å². The first-order valence-electron chi connectivity index (χ1n) is 5.40. The van der Waals surface area contributed by atoms with E-state index in [1.807, 2.05) is 0 Å². The third kappa shape index (κ3) is 1.50. The summed E-state index contributed by atoms with van der Waals surface area (Å²) in [6.45, 7) is 6.66. The number of allylic oxidation sites excluding steroid dienone is 1. The summed E-state index contributed by atoms with van der Waals surface area (Å²) < 4.78 is 0. The quantitative estimate of drug-likeness (QED) is 0.653. The van der Waals surface area contributed by atoms with Crippen molar-refractivity contribution >= 4 is 6.08 Å². The molecule has 0 heteroatoms. The van der Waals surface area contributed by atoms with Gasteiger partial charge in [0.2, 0.25) is 0 Å². The average molecular weight is 186 g/mol. The molecule has 0 N–H and O–H groups in total. The fourth-order valence-corrected chi connectivity index (χ4v) is 2.05. The van der Waals surface area contributed by atoms with Gasteiger partial charge in [0.25, 0.3) is 0 Å². The number of hydrogen-bond donors (Lipinski definition) is 0. The molecule has 1 aromatic rings. The van der Waals surface area contributed by atoms with Crippen LogP contribution in [0.4, 0.5) is 0 Å². The molecule has 1 fully saturated rings. The highest BCUT2D eigenvalue weighted by Gasteiger charge is 2.40. The Morgan fingerprint density at radius 1 is 1.29 bits per heavy atom. The standard InChI is InChI=1S/C14H18/c1-4-6-12-11(2)7-5-8-13(12)14(3)9-10-14/h4-8H,9-10H2,1-3H3/b6-4-. The van der Waals surface area contributed by atoms with E-state index < -0.39 is 0 Å². The third-order valence-electron chi connectivity index (χ3n) is 3.31. The van der Waals surface area contributed by atoms with Crippen molar-refractivity contribution in [3.05, 3.63) is 41.0 Å². The van der Waals surface area contributed by atoms with Crippen LogP contribution in [-0.4, -0.2) is 0 Å². The molecule has 0 unspecified atom stereocenters. The third-order valence-corrected chi connectivity index (χ3v) is 3.31. The summed E-state index contributed by atoms with van der Waals surface area (Å²) in [5.74, 6) is 0. The lowest BCUT2D eigenvalue weighted by Gasteiger charge is -2.14. The fraction of sp³-hybridized carbons (Fsp3) is 0.429. The summed E-state index contributed by atoms with van der Waals surface area (Å²) in [5.41, 5.74) is 4.85. The van der Waals surface area contributed by atoms with Gasteiger partial charge in [-0.05, 0) is 48.8 Å². The maximum absolute atomic E-state index is 2.37. The highest BCUT2D eigenvalue weighted by Crippen LogP contribution is 2.49. The minimum absolute atomic E-state index is 0.473. The van der Waals surface area contributed by atoms with E-state index in [0.29, 0.717) is 5.41 Å². The maximum Gasteiger partial charge on any atom is -0.00686 e. The first kappa shape index (κ1) is 9.51. The number of aryl methyl sites for hydroxylation is 1. The van der Waals surface area contributed by atoms with Crippen LogP contribution in [0, 0.1) is 6.92 Å². The Hall–Kier alpha value is -1.04. The molecule has 2 rings (SSSR count). The zero-order valence-corrected chi connectivity index (χ0v) is 9.30.